The Bertz CT molecular complexity index is 1100. The minimum atomic E-state index is -2.38. The highest BCUT2D eigenvalue weighted by molar-refractivity contribution is 6.76. The highest BCUT2D eigenvalue weighted by Crippen LogP contribution is 2.37. The van der Waals surface area contributed by atoms with E-state index in [1.165, 1.54) is 24.3 Å². The fraction of sp³-hybridized carbons (Fsp3) is 0.455. The number of rotatable bonds is 6. The lowest BCUT2D eigenvalue weighted by Crippen LogP contribution is -2.68. The molecule has 2 amide bonds. The third-order valence-electron chi connectivity index (χ3n) is 5.28. The van der Waals surface area contributed by atoms with E-state index in [4.69, 9.17) is 63.9 Å². The van der Waals surface area contributed by atoms with Crippen molar-refractivity contribution >= 4 is 70.4 Å². The highest BCUT2D eigenvalue weighted by Gasteiger charge is 2.58. The maximum atomic E-state index is 13.3. The Balaban J connectivity index is 2.14. The number of benzene rings is 1. The van der Waals surface area contributed by atoms with Gasteiger partial charge in [0.2, 0.25) is 12.2 Å². The van der Waals surface area contributed by atoms with E-state index in [9.17, 15) is 24.0 Å². The van der Waals surface area contributed by atoms with Crippen LogP contribution in [0.15, 0.2) is 24.3 Å². The van der Waals surface area contributed by atoms with Gasteiger partial charge >= 0.3 is 17.9 Å². The molecule has 200 valence electrons. The standard InChI is InChI=1S/C22H21Cl3N2O10/c1-9(28)33-8-14-16(34-10(2)29)17(35-11(3)30)15(20(36-14)37-21(26)22(23,24)25)27-18(31)12-6-4-5-7-13(12)19(27)32/h4-7,14-17,20,26H,8H2,1-3H3. The second-order valence-electron chi connectivity index (χ2n) is 7.95. The van der Waals surface area contributed by atoms with E-state index < -0.39 is 76.7 Å². The normalized spacial score (nSPS) is 25.2. The molecular formula is C22H21Cl3N2O10. The van der Waals surface area contributed by atoms with Crippen LogP contribution >= 0.6 is 34.8 Å². The van der Waals surface area contributed by atoms with Gasteiger partial charge in [-0.3, -0.25) is 34.3 Å². The molecule has 0 spiro atoms. The number of alkyl halides is 3. The highest BCUT2D eigenvalue weighted by atomic mass is 35.6. The first kappa shape index (κ1) is 28.6. The number of hydrogen-bond acceptors (Lipinski definition) is 11. The molecule has 1 aromatic rings. The van der Waals surface area contributed by atoms with Crippen LogP contribution in [-0.2, 0) is 38.1 Å². The van der Waals surface area contributed by atoms with Crippen LogP contribution in [0.2, 0.25) is 0 Å². The molecule has 0 radical (unpaired) electrons. The van der Waals surface area contributed by atoms with Crippen molar-refractivity contribution in [1.82, 2.24) is 4.90 Å². The molecule has 0 aliphatic carbocycles. The van der Waals surface area contributed by atoms with E-state index in [0.29, 0.717) is 4.90 Å². The van der Waals surface area contributed by atoms with Gasteiger partial charge in [-0.15, -0.1) is 0 Å². The average molecular weight is 580 g/mol. The summed E-state index contributed by atoms with van der Waals surface area (Å²) >= 11 is 17.3. The number of carbonyl (C=O) groups is 5. The van der Waals surface area contributed by atoms with E-state index in [2.05, 4.69) is 0 Å². The Hall–Kier alpha value is -2.93. The van der Waals surface area contributed by atoms with Gasteiger partial charge in [-0.25, -0.2) is 0 Å². The fourth-order valence-corrected chi connectivity index (χ4v) is 4.05. The molecule has 3 rings (SSSR count). The van der Waals surface area contributed by atoms with Crippen LogP contribution < -0.4 is 0 Å². The molecule has 2 heterocycles. The summed E-state index contributed by atoms with van der Waals surface area (Å²) in [6, 6.07) is 4.26. The Morgan fingerprint density at radius 2 is 1.43 bits per heavy atom. The molecule has 0 saturated carbocycles. The second kappa shape index (κ2) is 11.2. The fourth-order valence-electron chi connectivity index (χ4n) is 3.92. The number of halogens is 3. The number of nitrogens with one attached hydrogen (secondary N) is 1. The minimum absolute atomic E-state index is 0.0374. The Kier molecular flexibility index (Phi) is 8.68. The number of imide groups is 1. The van der Waals surface area contributed by atoms with Crippen molar-refractivity contribution in [3.8, 4) is 0 Å². The van der Waals surface area contributed by atoms with Crippen LogP contribution in [0, 0.1) is 5.41 Å². The van der Waals surface area contributed by atoms with Gasteiger partial charge in [0.25, 0.3) is 15.6 Å². The monoisotopic (exact) mass is 578 g/mol. The van der Waals surface area contributed by atoms with Crippen molar-refractivity contribution in [1.29, 1.82) is 5.41 Å². The molecule has 2 aliphatic heterocycles. The van der Waals surface area contributed by atoms with Crippen molar-refractivity contribution < 1.29 is 47.7 Å². The van der Waals surface area contributed by atoms with Gasteiger partial charge in [-0.2, -0.15) is 0 Å². The summed E-state index contributed by atoms with van der Waals surface area (Å²) in [6.07, 6.45) is -6.23. The van der Waals surface area contributed by atoms with Crippen molar-refractivity contribution in [2.45, 2.75) is 55.2 Å². The summed E-state index contributed by atoms with van der Waals surface area (Å²) in [5.41, 5.74) is 0.0747. The van der Waals surface area contributed by atoms with Crippen molar-refractivity contribution in [3.63, 3.8) is 0 Å². The molecule has 1 N–H and O–H groups in total. The van der Waals surface area contributed by atoms with Crippen molar-refractivity contribution in [2.24, 2.45) is 0 Å². The Morgan fingerprint density at radius 3 is 1.89 bits per heavy atom. The predicted octanol–water partition coefficient (Wildman–Crippen LogP) is 2.17. The van der Waals surface area contributed by atoms with Gasteiger partial charge < -0.3 is 23.7 Å². The molecule has 12 nitrogen and oxygen atoms in total. The summed E-state index contributed by atoms with van der Waals surface area (Å²) in [4.78, 5) is 62.9. The maximum absolute atomic E-state index is 13.3. The lowest BCUT2D eigenvalue weighted by molar-refractivity contribution is -0.268. The zero-order valence-electron chi connectivity index (χ0n) is 19.6. The molecule has 5 unspecified atom stereocenters. The molecule has 1 fully saturated rings. The van der Waals surface area contributed by atoms with Crippen LogP contribution in [0.1, 0.15) is 41.5 Å². The number of nitrogens with zero attached hydrogens (tertiary/aromatic N) is 1. The molecule has 15 heteroatoms. The second-order valence-corrected chi connectivity index (χ2v) is 10.2. The topological polar surface area (TPSA) is 159 Å². The zero-order chi connectivity index (χ0) is 27.7. The van der Waals surface area contributed by atoms with Crippen LogP contribution in [0.5, 0.6) is 0 Å². The Morgan fingerprint density at radius 1 is 0.919 bits per heavy atom. The predicted molar refractivity (Wildman–Crippen MR) is 126 cm³/mol. The minimum Gasteiger partial charge on any atom is -0.463 e. The van der Waals surface area contributed by atoms with Gasteiger partial charge in [-0.1, -0.05) is 46.9 Å². The smallest absolute Gasteiger partial charge is 0.303 e. The molecule has 5 atom stereocenters. The average Bonchev–Trinajstić information content (AvgIpc) is 3.03. The summed E-state index contributed by atoms with van der Waals surface area (Å²) in [6.45, 7) is 2.69. The van der Waals surface area contributed by atoms with Crippen LogP contribution in [-0.4, -0.2) is 81.6 Å². The van der Waals surface area contributed by atoms with Crippen molar-refractivity contribution in [2.75, 3.05) is 6.61 Å². The molecule has 2 aliphatic rings. The number of esters is 3. The SMILES string of the molecule is CC(=O)OCC1OC(OC(=N)C(Cl)(Cl)Cl)C(N2C(=O)c3ccccc3C2=O)C(OC(C)=O)C1OC(C)=O. The van der Waals surface area contributed by atoms with Gasteiger partial charge in [0, 0.05) is 20.8 Å². The van der Waals surface area contributed by atoms with Crippen LogP contribution in [0.3, 0.4) is 0 Å². The number of hydrogen-bond donors (Lipinski definition) is 1. The number of carbonyl (C=O) groups excluding carboxylic acids is 5. The third kappa shape index (κ3) is 6.32. The quantitative estimate of drug-likeness (QED) is 0.132. The van der Waals surface area contributed by atoms with Gasteiger partial charge in [0.1, 0.15) is 18.8 Å². The molecule has 1 saturated heterocycles. The third-order valence-corrected chi connectivity index (χ3v) is 5.80. The van der Waals surface area contributed by atoms with Crippen molar-refractivity contribution in [3.05, 3.63) is 35.4 Å². The van der Waals surface area contributed by atoms with E-state index in [1.807, 2.05) is 0 Å². The van der Waals surface area contributed by atoms with E-state index >= 15 is 0 Å². The molecular weight excluding hydrogens is 559 g/mol. The molecule has 37 heavy (non-hydrogen) atoms. The van der Waals surface area contributed by atoms with E-state index in [1.54, 1.807) is 0 Å². The first-order chi connectivity index (χ1) is 17.2. The van der Waals surface area contributed by atoms with Gasteiger partial charge in [0.05, 0.1) is 11.1 Å². The number of amides is 2. The lowest BCUT2D eigenvalue weighted by Gasteiger charge is -2.47. The molecule has 0 bridgehead atoms. The number of ether oxygens (including phenoxy) is 5. The lowest BCUT2D eigenvalue weighted by atomic mass is 9.94. The summed E-state index contributed by atoms with van der Waals surface area (Å²) in [5, 5.41) is 8.01. The van der Waals surface area contributed by atoms with Gasteiger partial charge in [0.15, 0.2) is 12.2 Å². The maximum Gasteiger partial charge on any atom is 0.303 e. The van der Waals surface area contributed by atoms with Crippen LogP contribution in [0.25, 0.3) is 0 Å². The summed E-state index contributed by atoms with van der Waals surface area (Å²) in [7, 11) is 0. The first-order valence-electron chi connectivity index (χ1n) is 10.6. The largest absolute Gasteiger partial charge is 0.463 e. The number of fused-ring (bicyclic) bond motifs is 1. The molecule has 1 aromatic carbocycles. The zero-order valence-corrected chi connectivity index (χ0v) is 21.8. The molecule has 0 aromatic heterocycles. The van der Waals surface area contributed by atoms with Gasteiger partial charge in [-0.05, 0) is 12.1 Å². The Labute approximate surface area is 225 Å². The summed E-state index contributed by atoms with van der Waals surface area (Å²) in [5.74, 6) is -5.01. The first-order valence-corrected chi connectivity index (χ1v) is 11.8. The summed E-state index contributed by atoms with van der Waals surface area (Å²) < 4.78 is 24.6. The van der Waals surface area contributed by atoms with E-state index in [0.717, 1.165) is 20.8 Å². The van der Waals surface area contributed by atoms with E-state index in [-0.39, 0.29) is 11.1 Å². The van der Waals surface area contributed by atoms with Crippen LogP contribution in [0.4, 0.5) is 0 Å².